The van der Waals surface area contributed by atoms with Crippen molar-refractivity contribution in [2.75, 3.05) is 12.3 Å². The van der Waals surface area contributed by atoms with E-state index in [1.165, 1.54) is 0 Å². The summed E-state index contributed by atoms with van der Waals surface area (Å²) < 4.78 is 6.04. The fourth-order valence-corrected chi connectivity index (χ4v) is 2.90. The van der Waals surface area contributed by atoms with Crippen LogP contribution in [0.1, 0.15) is 12.5 Å². The molecule has 0 spiro atoms. The van der Waals surface area contributed by atoms with Crippen LogP contribution in [0.2, 0.25) is 0 Å². The number of nitrogens with two attached hydrogens (primary N) is 1. The van der Waals surface area contributed by atoms with E-state index < -0.39 is 0 Å². The van der Waals surface area contributed by atoms with Crippen molar-refractivity contribution in [3.8, 4) is 0 Å². The highest BCUT2D eigenvalue weighted by Crippen LogP contribution is 2.33. The average molecular weight is 251 g/mol. The third-order valence-electron chi connectivity index (χ3n) is 2.55. The number of nitrogen functional groups attached to an aromatic ring is 1. The Bertz CT molecular complexity index is 563. The molecule has 5 heteroatoms. The van der Waals surface area contributed by atoms with Crippen molar-refractivity contribution in [3.05, 3.63) is 23.8 Å². The van der Waals surface area contributed by atoms with Crippen LogP contribution in [0.3, 0.4) is 0 Å². The fourth-order valence-electron chi connectivity index (χ4n) is 1.68. The van der Waals surface area contributed by atoms with Crippen LogP contribution in [-0.2, 0) is 22.2 Å². The molecule has 0 aliphatic heterocycles. The highest BCUT2D eigenvalue weighted by atomic mass is 32.2. The first kappa shape index (κ1) is 11.9. The summed E-state index contributed by atoms with van der Waals surface area (Å²) in [5.41, 5.74) is 7.67. The molecule has 2 aromatic rings. The number of aryl methyl sites for hydroxylation is 1. The van der Waals surface area contributed by atoms with Crippen LogP contribution in [0.5, 0.6) is 0 Å². The Labute approximate surface area is 102 Å². The second kappa shape index (κ2) is 4.71. The van der Waals surface area contributed by atoms with Gasteiger partial charge in [-0.3, -0.25) is 4.79 Å². The summed E-state index contributed by atoms with van der Waals surface area (Å²) in [6.07, 6.45) is 2.34. The summed E-state index contributed by atoms with van der Waals surface area (Å²) in [7, 11) is -0.146. The number of anilines is 1. The van der Waals surface area contributed by atoms with E-state index >= 15 is 0 Å². The maximum absolute atomic E-state index is 11.4. The number of thiazole rings is 1. The molecule has 0 fully saturated rings. The molecule has 0 saturated carbocycles. The Morgan fingerprint density at radius 3 is 3.00 bits per heavy atom. The minimum Gasteiger partial charge on any atom is -0.466 e. The first-order chi connectivity index (χ1) is 8.11. The SMILES string of the molecule is CCOC(=O)Cc1ccc2nc(N)[s+](C)c2c1. The summed E-state index contributed by atoms with van der Waals surface area (Å²) in [4.78, 5) is 15.7. The van der Waals surface area contributed by atoms with Gasteiger partial charge in [-0.15, -0.1) is 0 Å². The molecule has 1 unspecified atom stereocenters. The lowest BCUT2D eigenvalue weighted by molar-refractivity contribution is -0.142. The summed E-state index contributed by atoms with van der Waals surface area (Å²) in [6, 6.07) is 5.81. The lowest BCUT2D eigenvalue weighted by Gasteiger charge is -2.00. The summed E-state index contributed by atoms with van der Waals surface area (Å²) in [6.45, 7) is 2.22. The molecule has 0 amide bonds. The number of fused-ring (bicyclic) bond motifs is 1. The van der Waals surface area contributed by atoms with Gasteiger partial charge in [0.25, 0.3) is 0 Å². The van der Waals surface area contributed by atoms with Crippen LogP contribution in [0, 0.1) is 0 Å². The van der Waals surface area contributed by atoms with Crippen molar-refractivity contribution in [2.24, 2.45) is 6.26 Å². The number of benzene rings is 1. The largest absolute Gasteiger partial charge is 0.466 e. The Morgan fingerprint density at radius 1 is 1.53 bits per heavy atom. The number of carbonyl (C=O) groups excluding carboxylic acids is 1. The van der Waals surface area contributed by atoms with E-state index in [2.05, 4.69) is 4.98 Å². The number of hydrogen-bond donors (Lipinski definition) is 1. The summed E-state index contributed by atoms with van der Waals surface area (Å²) in [5, 5.41) is 0.660. The van der Waals surface area contributed by atoms with Gasteiger partial charge in [-0.1, -0.05) is 6.07 Å². The van der Waals surface area contributed by atoms with Crippen molar-refractivity contribution in [3.63, 3.8) is 0 Å². The number of nitrogens with zero attached hydrogens (tertiary/aromatic N) is 1. The predicted octanol–water partition coefficient (Wildman–Crippen LogP) is 2.21. The molecule has 0 radical (unpaired) electrons. The molecule has 0 aliphatic carbocycles. The summed E-state index contributed by atoms with van der Waals surface area (Å²) in [5.74, 6) is -0.199. The van der Waals surface area contributed by atoms with Crippen molar-refractivity contribution < 1.29 is 9.53 Å². The third kappa shape index (κ3) is 2.39. The van der Waals surface area contributed by atoms with Crippen molar-refractivity contribution in [2.45, 2.75) is 13.3 Å². The minimum atomic E-state index is -0.199. The van der Waals surface area contributed by atoms with Gasteiger partial charge in [0.1, 0.15) is 11.8 Å². The minimum absolute atomic E-state index is 0.146. The number of aromatic nitrogens is 1. The van der Waals surface area contributed by atoms with Gasteiger partial charge in [0, 0.05) is 16.5 Å². The maximum atomic E-state index is 11.4. The van der Waals surface area contributed by atoms with Gasteiger partial charge in [0.2, 0.25) is 4.70 Å². The zero-order valence-electron chi connectivity index (χ0n) is 9.90. The molecule has 0 aliphatic rings. The number of hydrogen-bond acceptors (Lipinski definition) is 4. The molecular formula is C12H15N2O2S+. The lowest BCUT2D eigenvalue weighted by Crippen LogP contribution is -2.07. The average Bonchev–Trinajstić information content (AvgIpc) is 2.56. The van der Waals surface area contributed by atoms with Gasteiger partial charge in [-0.2, -0.15) is 4.98 Å². The number of carbonyl (C=O) groups is 1. The van der Waals surface area contributed by atoms with E-state index in [4.69, 9.17) is 10.5 Å². The molecule has 17 heavy (non-hydrogen) atoms. The molecule has 0 saturated heterocycles. The van der Waals surface area contributed by atoms with E-state index in [1.807, 2.05) is 24.5 Å². The third-order valence-corrected chi connectivity index (χ3v) is 4.26. The van der Waals surface area contributed by atoms with E-state index in [-0.39, 0.29) is 16.4 Å². The summed E-state index contributed by atoms with van der Waals surface area (Å²) >= 11 is 0. The van der Waals surface area contributed by atoms with Crippen LogP contribution < -0.4 is 5.73 Å². The zero-order valence-corrected chi connectivity index (χ0v) is 10.7. The molecule has 1 heterocycles. The molecule has 2 rings (SSSR count). The van der Waals surface area contributed by atoms with Crippen LogP contribution in [-0.4, -0.2) is 17.6 Å². The molecule has 2 N–H and O–H groups in total. The van der Waals surface area contributed by atoms with Crippen molar-refractivity contribution in [1.82, 2.24) is 4.98 Å². The van der Waals surface area contributed by atoms with E-state index in [1.54, 1.807) is 6.92 Å². The van der Waals surface area contributed by atoms with Crippen molar-refractivity contribution >= 4 is 31.8 Å². The normalized spacial score (nSPS) is 11.8. The molecule has 4 nitrogen and oxygen atoms in total. The van der Waals surface area contributed by atoms with E-state index in [0.717, 1.165) is 15.8 Å². The second-order valence-corrected chi connectivity index (χ2v) is 5.62. The van der Waals surface area contributed by atoms with Crippen LogP contribution >= 0.6 is 10.5 Å². The Kier molecular flexibility index (Phi) is 3.28. The smallest absolute Gasteiger partial charge is 0.338 e. The van der Waals surface area contributed by atoms with Crippen molar-refractivity contribution in [1.29, 1.82) is 0 Å². The highest BCUT2D eigenvalue weighted by Gasteiger charge is 2.16. The van der Waals surface area contributed by atoms with Gasteiger partial charge in [0.15, 0.2) is 0 Å². The second-order valence-electron chi connectivity index (χ2n) is 3.74. The van der Waals surface area contributed by atoms with Crippen LogP contribution in [0.15, 0.2) is 18.2 Å². The predicted molar refractivity (Wildman–Crippen MR) is 70.0 cm³/mol. The van der Waals surface area contributed by atoms with Gasteiger partial charge < -0.3 is 10.5 Å². The van der Waals surface area contributed by atoms with Gasteiger partial charge in [0.05, 0.1) is 13.0 Å². The maximum Gasteiger partial charge on any atom is 0.338 e. The topological polar surface area (TPSA) is 65.2 Å². The molecule has 90 valence electrons. The standard InChI is InChI=1S/C12H15N2O2S/c1-3-16-11(15)7-8-4-5-9-10(6-8)17(2)12(13)14-9/h4-6H,3,7H2,1-2H3,(H2,13,14)/q+1. The monoisotopic (exact) mass is 251 g/mol. The molecule has 1 atom stereocenters. The molecule has 0 bridgehead atoms. The van der Waals surface area contributed by atoms with Gasteiger partial charge in [-0.25, -0.2) is 0 Å². The van der Waals surface area contributed by atoms with Crippen LogP contribution in [0.25, 0.3) is 10.2 Å². The number of ether oxygens (including phenoxy) is 1. The fraction of sp³-hybridized carbons (Fsp3) is 0.333. The van der Waals surface area contributed by atoms with Gasteiger partial charge in [-0.05, 0) is 18.6 Å². The lowest BCUT2D eigenvalue weighted by atomic mass is 10.1. The van der Waals surface area contributed by atoms with E-state index in [9.17, 15) is 4.79 Å². The molecule has 1 aromatic heterocycles. The molecular weight excluding hydrogens is 236 g/mol. The number of rotatable bonds is 3. The van der Waals surface area contributed by atoms with E-state index in [0.29, 0.717) is 18.2 Å². The Hall–Kier alpha value is -1.62. The first-order valence-corrected chi connectivity index (χ1v) is 7.03. The Balaban J connectivity index is 2.31. The Morgan fingerprint density at radius 2 is 2.29 bits per heavy atom. The quantitative estimate of drug-likeness (QED) is 0.671. The molecule has 1 aromatic carbocycles. The number of esters is 1. The first-order valence-electron chi connectivity index (χ1n) is 5.40. The highest BCUT2D eigenvalue weighted by molar-refractivity contribution is 7.38. The zero-order chi connectivity index (χ0) is 12.4. The van der Waals surface area contributed by atoms with Crippen LogP contribution in [0.4, 0.5) is 5.13 Å². The van der Waals surface area contributed by atoms with Gasteiger partial charge >= 0.3 is 11.1 Å².